The molecule has 0 radical (unpaired) electrons. The summed E-state index contributed by atoms with van der Waals surface area (Å²) in [6.07, 6.45) is 5.96. The Kier molecular flexibility index (Phi) is 5.22. The lowest BCUT2D eigenvalue weighted by molar-refractivity contribution is 0.0982. The Hall–Kier alpha value is -3.32. The molecule has 0 N–H and O–H groups in total. The third kappa shape index (κ3) is 3.89. The van der Waals surface area contributed by atoms with E-state index in [-0.39, 0.29) is 15.6 Å². The van der Waals surface area contributed by atoms with Crippen LogP contribution in [0.25, 0.3) is 5.65 Å². The molecule has 0 saturated carbocycles. The first-order chi connectivity index (χ1) is 14.3. The highest BCUT2D eigenvalue weighted by molar-refractivity contribution is 7.91. The molecular formula is C23H19FN2O3S. The van der Waals surface area contributed by atoms with Gasteiger partial charge >= 0.3 is 0 Å². The molecule has 4 rings (SSSR count). The SMILES string of the molecule is Cc1ccc(S(=O)(=O)c2ccc(CCC(=O)c3ccc4nccn4c3)cc2)c(F)c1. The number of hydrogen-bond donors (Lipinski definition) is 0. The number of rotatable bonds is 6. The van der Waals surface area contributed by atoms with Crippen molar-refractivity contribution in [3.05, 3.63) is 95.7 Å². The quantitative estimate of drug-likeness (QED) is 0.431. The maximum absolute atomic E-state index is 14.1. The number of aromatic nitrogens is 2. The molecule has 0 bridgehead atoms. The Morgan fingerprint density at radius 1 is 1.07 bits per heavy atom. The van der Waals surface area contributed by atoms with Crippen LogP contribution in [0.1, 0.15) is 27.9 Å². The van der Waals surface area contributed by atoms with Crippen LogP contribution in [-0.2, 0) is 16.3 Å². The van der Waals surface area contributed by atoms with E-state index in [0.717, 1.165) is 11.2 Å². The van der Waals surface area contributed by atoms with E-state index in [1.807, 2.05) is 0 Å². The van der Waals surface area contributed by atoms with Crippen molar-refractivity contribution in [1.82, 2.24) is 9.38 Å². The van der Waals surface area contributed by atoms with Crippen molar-refractivity contribution in [1.29, 1.82) is 0 Å². The number of aryl methyl sites for hydroxylation is 2. The first-order valence-electron chi connectivity index (χ1n) is 9.41. The van der Waals surface area contributed by atoms with Gasteiger partial charge in [0, 0.05) is 30.6 Å². The summed E-state index contributed by atoms with van der Waals surface area (Å²) in [4.78, 5) is 16.3. The van der Waals surface area contributed by atoms with Gasteiger partial charge in [0.15, 0.2) is 5.78 Å². The molecule has 2 heterocycles. The summed E-state index contributed by atoms with van der Waals surface area (Å²) >= 11 is 0. The highest BCUT2D eigenvalue weighted by atomic mass is 32.2. The summed E-state index contributed by atoms with van der Waals surface area (Å²) in [5, 5.41) is 0. The normalized spacial score (nSPS) is 11.7. The lowest BCUT2D eigenvalue weighted by Gasteiger charge is -2.08. The predicted molar refractivity (Wildman–Crippen MR) is 111 cm³/mol. The first-order valence-corrected chi connectivity index (χ1v) is 10.9. The molecule has 152 valence electrons. The Bertz CT molecular complexity index is 1340. The maximum Gasteiger partial charge on any atom is 0.209 e. The molecule has 0 amide bonds. The fourth-order valence-corrected chi connectivity index (χ4v) is 4.58. The molecule has 2 aromatic carbocycles. The Balaban J connectivity index is 1.47. The van der Waals surface area contributed by atoms with Crippen LogP contribution in [0.4, 0.5) is 4.39 Å². The van der Waals surface area contributed by atoms with Crippen LogP contribution in [0, 0.1) is 12.7 Å². The summed E-state index contributed by atoms with van der Waals surface area (Å²) in [6.45, 7) is 1.70. The minimum absolute atomic E-state index is 0.0102. The standard InChI is InChI=1S/C23H19FN2O3S/c1-16-2-10-22(20(24)14-16)30(28,29)19-7-3-17(4-8-19)5-9-21(27)18-6-11-23-25-12-13-26(23)15-18/h2-4,6-8,10-15H,5,9H2,1H3. The monoisotopic (exact) mass is 422 g/mol. The molecule has 2 aromatic heterocycles. The summed E-state index contributed by atoms with van der Waals surface area (Å²) in [5.41, 5.74) is 2.84. The van der Waals surface area contributed by atoms with E-state index in [0.29, 0.717) is 24.0 Å². The highest BCUT2D eigenvalue weighted by Crippen LogP contribution is 2.24. The molecule has 5 nitrogen and oxygen atoms in total. The summed E-state index contributed by atoms with van der Waals surface area (Å²) in [6, 6.07) is 13.8. The smallest absolute Gasteiger partial charge is 0.209 e. The molecule has 7 heteroatoms. The van der Waals surface area contributed by atoms with Crippen molar-refractivity contribution in [3.63, 3.8) is 0 Å². The second-order valence-corrected chi connectivity index (χ2v) is 9.03. The molecule has 0 atom stereocenters. The molecule has 30 heavy (non-hydrogen) atoms. The van der Waals surface area contributed by atoms with Gasteiger partial charge in [-0.15, -0.1) is 0 Å². The van der Waals surface area contributed by atoms with Gasteiger partial charge in [-0.25, -0.2) is 17.8 Å². The lowest BCUT2D eigenvalue weighted by Crippen LogP contribution is -2.06. The molecule has 4 aromatic rings. The van der Waals surface area contributed by atoms with Gasteiger partial charge in [-0.3, -0.25) is 4.79 Å². The third-order valence-corrected chi connectivity index (χ3v) is 6.76. The van der Waals surface area contributed by atoms with Crippen LogP contribution in [0.2, 0.25) is 0 Å². The van der Waals surface area contributed by atoms with Crippen LogP contribution in [0.3, 0.4) is 0 Å². The molecule has 0 fully saturated rings. The number of pyridine rings is 1. The molecular weight excluding hydrogens is 403 g/mol. The highest BCUT2D eigenvalue weighted by Gasteiger charge is 2.21. The third-order valence-electron chi connectivity index (χ3n) is 4.96. The van der Waals surface area contributed by atoms with E-state index in [9.17, 15) is 17.6 Å². The molecule has 0 saturated heterocycles. The van der Waals surface area contributed by atoms with Crippen LogP contribution in [0.15, 0.2) is 83.0 Å². The number of sulfone groups is 1. The zero-order valence-electron chi connectivity index (χ0n) is 16.2. The Morgan fingerprint density at radius 3 is 2.57 bits per heavy atom. The second kappa shape index (κ2) is 7.84. The second-order valence-electron chi connectivity index (χ2n) is 7.11. The largest absolute Gasteiger partial charge is 0.306 e. The number of ketones is 1. The molecule has 0 spiro atoms. The Morgan fingerprint density at radius 2 is 1.83 bits per heavy atom. The fourth-order valence-electron chi connectivity index (χ4n) is 3.27. The van der Waals surface area contributed by atoms with E-state index in [2.05, 4.69) is 4.98 Å². The van der Waals surface area contributed by atoms with Crippen molar-refractivity contribution < 1.29 is 17.6 Å². The van der Waals surface area contributed by atoms with Crippen molar-refractivity contribution in [2.24, 2.45) is 0 Å². The molecule has 0 aliphatic carbocycles. The van der Waals surface area contributed by atoms with Crippen molar-refractivity contribution >= 4 is 21.3 Å². The molecule has 0 aliphatic rings. The minimum Gasteiger partial charge on any atom is -0.306 e. The molecule has 0 unspecified atom stereocenters. The van der Waals surface area contributed by atoms with Crippen LogP contribution in [-0.4, -0.2) is 23.6 Å². The van der Waals surface area contributed by atoms with Crippen molar-refractivity contribution in [2.75, 3.05) is 0 Å². The zero-order chi connectivity index (χ0) is 21.3. The first kappa shape index (κ1) is 20.0. The van der Waals surface area contributed by atoms with Gasteiger partial charge in [-0.2, -0.15) is 0 Å². The van der Waals surface area contributed by atoms with E-state index in [4.69, 9.17) is 0 Å². The average Bonchev–Trinajstić information content (AvgIpc) is 3.20. The minimum atomic E-state index is -3.94. The van der Waals surface area contributed by atoms with E-state index < -0.39 is 15.7 Å². The van der Waals surface area contributed by atoms with Crippen LogP contribution in [0.5, 0.6) is 0 Å². The van der Waals surface area contributed by atoms with E-state index in [1.54, 1.807) is 60.2 Å². The number of benzene rings is 2. The number of Topliss-reactive ketones (excluding diaryl/α,β-unsaturated/α-hetero) is 1. The van der Waals surface area contributed by atoms with Gasteiger partial charge in [-0.05, 0) is 60.9 Å². The van der Waals surface area contributed by atoms with Gasteiger partial charge < -0.3 is 4.40 Å². The van der Waals surface area contributed by atoms with Crippen molar-refractivity contribution in [3.8, 4) is 0 Å². The number of imidazole rings is 1. The van der Waals surface area contributed by atoms with Gasteiger partial charge in [-0.1, -0.05) is 18.2 Å². The summed E-state index contributed by atoms with van der Waals surface area (Å²) < 4.78 is 41.3. The number of carbonyl (C=O) groups excluding carboxylic acids is 1. The van der Waals surface area contributed by atoms with Crippen LogP contribution < -0.4 is 0 Å². The van der Waals surface area contributed by atoms with Crippen LogP contribution >= 0.6 is 0 Å². The topological polar surface area (TPSA) is 68.5 Å². The average molecular weight is 422 g/mol. The summed E-state index contributed by atoms with van der Waals surface area (Å²) in [7, 11) is -3.94. The number of halogens is 1. The summed E-state index contributed by atoms with van der Waals surface area (Å²) in [5.74, 6) is -0.774. The lowest BCUT2D eigenvalue weighted by atomic mass is 10.0. The molecule has 0 aliphatic heterocycles. The number of carbonyl (C=O) groups is 1. The van der Waals surface area contributed by atoms with Gasteiger partial charge in [0.25, 0.3) is 0 Å². The van der Waals surface area contributed by atoms with Crippen molar-refractivity contribution in [2.45, 2.75) is 29.6 Å². The van der Waals surface area contributed by atoms with E-state index >= 15 is 0 Å². The van der Waals surface area contributed by atoms with Gasteiger partial charge in [0.1, 0.15) is 16.4 Å². The number of nitrogens with zero attached hydrogens (tertiary/aromatic N) is 2. The van der Waals surface area contributed by atoms with Gasteiger partial charge in [0.05, 0.1) is 4.90 Å². The Labute approximate surface area is 173 Å². The maximum atomic E-state index is 14.1. The van der Waals surface area contributed by atoms with E-state index in [1.165, 1.54) is 24.3 Å². The predicted octanol–water partition coefficient (Wildman–Crippen LogP) is 4.43. The fraction of sp³-hybridized carbons (Fsp3) is 0.130. The number of fused-ring (bicyclic) bond motifs is 1. The van der Waals surface area contributed by atoms with Gasteiger partial charge in [0.2, 0.25) is 9.84 Å². The number of hydrogen-bond acceptors (Lipinski definition) is 4. The zero-order valence-corrected chi connectivity index (χ0v) is 17.1.